The Hall–Kier alpha value is 0.210. The van der Waals surface area contributed by atoms with Crippen LogP contribution in [0.15, 0.2) is 0 Å². The third kappa shape index (κ3) is 6.60. The molecule has 3 heteroatoms. The van der Waals surface area contributed by atoms with Crippen molar-refractivity contribution >= 4 is 11.6 Å². The lowest BCUT2D eigenvalue weighted by Gasteiger charge is -2.14. The van der Waals surface area contributed by atoms with Gasteiger partial charge in [-0.15, -0.1) is 11.6 Å². The van der Waals surface area contributed by atoms with Gasteiger partial charge in [-0.3, -0.25) is 0 Å². The van der Waals surface area contributed by atoms with Gasteiger partial charge in [-0.05, 0) is 12.8 Å². The number of alkyl halides is 1. The SMILES string of the molecule is CCCC(OC)OCCCCl. The Balaban J connectivity index is 3.20. The van der Waals surface area contributed by atoms with Gasteiger partial charge in [0, 0.05) is 13.0 Å². The van der Waals surface area contributed by atoms with Gasteiger partial charge in [0.05, 0.1) is 6.61 Å². The molecule has 0 aliphatic rings. The summed E-state index contributed by atoms with van der Waals surface area (Å²) < 4.78 is 10.4. The van der Waals surface area contributed by atoms with Gasteiger partial charge in [-0.25, -0.2) is 0 Å². The molecule has 11 heavy (non-hydrogen) atoms. The Morgan fingerprint density at radius 1 is 1.45 bits per heavy atom. The standard InChI is InChI=1S/C8H17ClO2/c1-3-5-8(10-2)11-7-4-6-9/h8H,3-7H2,1-2H3. The summed E-state index contributed by atoms with van der Waals surface area (Å²) in [4.78, 5) is 0. The van der Waals surface area contributed by atoms with E-state index in [1.807, 2.05) is 0 Å². The second-order valence-electron chi connectivity index (χ2n) is 2.37. The van der Waals surface area contributed by atoms with E-state index in [-0.39, 0.29) is 6.29 Å². The maximum Gasteiger partial charge on any atom is 0.157 e. The first-order valence-corrected chi connectivity index (χ1v) is 4.59. The second-order valence-corrected chi connectivity index (χ2v) is 2.75. The maximum atomic E-state index is 5.48. The number of hydrogen-bond donors (Lipinski definition) is 0. The van der Waals surface area contributed by atoms with Crippen LogP contribution in [-0.2, 0) is 9.47 Å². The Bertz CT molecular complexity index is 78.5. The summed E-state index contributed by atoms with van der Waals surface area (Å²) in [5, 5.41) is 0. The molecule has 0 aliphatic heterocycles. The number of hydrogen-bond acceptors (Lipinski definition) is 2. The van der Waals surface area contributed by atoms with Gasteiger partial charge in [0.15, 0.2) is 6.29 Å². The summed E-state index contributed by atoms with van der Waals surface area (Å²) in [6, 6.07) is 0. The third-order valence-corrected chi connectivity index (χ3v) is 1.64. The highest BCUT2D eigenvalue weighted by atomic mass is 35.5. The smallest absolute Gasteiger partial charge is 0.157 e. The van der Waals surface area contributed by atoms with Crippen LogP contribution in [-0.4, -0.2) is 25.9 Å². The molecule has 68 valence electrons. The molecule has 2 nitrogen and oxygen atoms in total. The van der Waals surface area contributed by atoms with E-state index in [9.17, 15) is 0 Å². The van der Waals surface area contributed by atoms with Gasteiger partial charge in [-0.2, -0.15) is 0 Å². The zero-order valence-corrected chi connectivity index (χ0v) is 8.06. The third-order valence-electron chi connectivity index (χ3n) is 1.37. The van der Waals surface area contributed by atoms with Gasteiger partial charge in [-0.1, -0.05) is 13.3 Å². The van der Waals surface area contributed by atoms with Crippen molar-refractivity contribution in [2.45, 2.75) is 32.5 Å². The molecular formula is C8H17ClO2. The molecule has 0 N–H and O–H groups in total. The lowest BCUT2D eigenvalue weighted by Crippen LogP contribution is -2.15. The summed E-state index contributed by atoms with van der Waals surface area (Å²) in [6.45, 7) is 2.80. The van der Waals surface area contributed by atoms with Gasteiger partial charge in [0.2, 0.25) is 0 Å². The summed E-state index contributed by atoms with van der Waals surface area (Å²) in [5.74, 6) is 0.655. The average Bonchev–Trinajstić information content (AvgIpc) is 2.03. The van der Waals surface area contributed by atoms with Crippen molar-refractivity contribution in [1.82, 2.24) is 0 Å². The Labute approximate surface area is 73.8 Å². The van der Waals surface area contributed by atoms with Crippen LogP contribution in [0.1, 0.15) is 26.2 Å². The quantitative estimate of drug-likeness (QED) is 0.340. The Kier molecular flexibility index (Phi) is 8.47. The fourth-order valence-corrected chi connectivity index (χ4v) is 0.883. The van der Waals surface area contributed by atoms with Crippen LogP contribution >= 0.6 is 11.6 Å². The molecule has 0 saturated heterocycles. The van der Waals surface area contributed by atoms with Crippen LogP contribution in [0.25, 0.3) is 0 Å². The molecule has 0 bridgehead atoms. The molecule has 0 saturated carbocycles. The summed E-state index contributed by atoms with van der Waals surface area (Å²) in [5.41, 5.74) is 0. The Morgan fingerprint density at radius 3 is 2.64 bits per heavy atom. The van der Waals surface area contributed by atoms with E-state index in [0.717, 1.165) is 19.3 Å². The van der Waals surface area contributed by atoms with Crippen LogP contribution in [0, 0.1) is 0 Å². The van der Waals surface area contributed by atoms with Crippen molar-refractivity contribution in [1.29, 1.82) is 0 Å². The van der Waals surface area contributed by atoms with Crippen molar-refractivity contribution in [3.05, 3.63) is 0 Å². The maximum absolute atomic E-state index is 5.48. The molecule has 0 aromatic rings. The van der Waals surface area contributed by atoms with E-state index in [1.165, 1.54) is 0 Å². The van der Waals surface area contributed by atoms with Crippen LogP contribution < -0.4 is 0 Å². The highest BCUT2D eigenvalue weighted by Crippen LogP contribution is 2.03. The van der Waals surface area contributed by atoms with E-state index in [1.54, 1.807) is 7.11 Å². The number of halogens is 1. The lowest BCUT2D eigenvalue weighted by molar-refractivity contribution is -0.127. The van der Waals surface area contributed by atoms with Crippen LogP contribution in [0.2, 0.25) is 0 Å². The molecule has 0 fully saturated rings. The van der Waals surface area contributed by atoms with Gasteiger partial charge < -0.3 is 9.47 Å². The zero-order chi connectivity index (χ0) is 8.53. The molecule has 0 aliphatic carbocycles. The predicted octanol–water partition coefficient (Wildman–Crippen LogP) is 2.40. The van der Waals surface area contributed by atoms with Gasteiger partial charge in [0.25, 0.3) is 0 Å². The first kappa shape index (κ1) is 11.2. The predicted molar refractivity (Wildman–Crippen MR) is 47.0 cm³/mol. The molecule has 0 aromatic carbocycles. The molecule has 0 spiro atoms. The summed E-state index contributed by atoms with van der Waals surface area (Å²) in [6.07, 6.45) is 2.90. The van der Waals surface area contributed by atoms with Crippen molar-refractivity contribution in [2.75, 3.05) is 19.6 Å². The molecule has 1 atom stereocenters. The fraction of sp³-hybridized carbons (Fsp3) is 1.00. The van der Waals surface area contributed by atoms with Crippen LogP contribution in [0.3, 0.4) is 0 Å². The minimum Gasteiger partial charge on any atom is -0.356 e. The second kappa shape index (κ2) is 8.31. The molecule has 0 amide bonds. The monoisotopic (exact) mass is 180 g/mol. The lowest BCUT2D eigenvalue weighted by atomic mass is 10.3. The molecule has 0 heterocycles. The fourth-order valence-electron chi connectivity index (χ4n) is 0.774. The first-order chi connectivity index (χ1) is 5.35. The molecule has 1 unspecified atom stereocenters. The van der Waals surface area contributed by atoms with E-state index >= 15 is 0 Å². The number of rotatable bonds is 7. The van der Waals surface area contributed by atoms with E-state index in [4.69, 9.17) is 21.1 Å². The normalized spacial score (nSPS) is 13.4. The summed E-state index contributed by atoms with van der Waals surface area (Å²) >= 11 is 5.48. The number of ether oxygens (including phenoxy) is 2. The zero-order valence-electron chi connectivity index (χ0n) is 7.31. The molecule has 0 radical (unpaired) electrons. The van der Waals surface area contributed by atoms with E-state index in [0.29, 0.717) is 12.5 Å². The highest BCUT2D eigenvalue weighted by molar-refractivity contribution is 6.17. The first-order valence-electron chi connectivity index (χ1n) is 4.05. The van der Waals surface area contributed by atoms with Crippen molar-refractivity contribution in [3.8, 4) is 0 Å². The minimum atomic E-state index is -0.0387. The van der Waals surface area contributed by atoms with Gasteiger partial charge >= 0.3 is 0 Å². The summed E-state index contributed by atoms with van der Waals surface area (Å²) in [7, 11) is 1.67. The van der Waals surface area contributed by atoms with Crippen LogP contribution in [0.5, 0.6) is 0 Å². The van der Waals surface area contributed by atoms with Crippen LogP contribution in [0.4, 0.5) is 0 Å². The minimum absolute atomic E-state index is 0.0387. The van der Waals surface area contributed by atoms with E-state index in [2.05, 4.69) is 6.92 Å². The molecular weight excluding hydrogens is 164 g/mol. The van der Waals surface area contributed by atoms with Crippen molar-refractivity contribution in [2.24, 2.45) is 0 Å². The van der Waals surface area contributed by atoms with Crippen molar-refractivity contribution < 1.29 is 9.47 Å². The van der Waals surface area contributed by atoms with E-state index < -0.39 is 0 Å². The van der Waals surface area contributed by atoms with Gasteiger partial charge in [0.1, 0.15) is 0 Å². The van der Waals surface area contributed by atoms with Crippen molar-refractivity contribution in [3.63, 3.8) is 0 Å². The molecule has 0 aromatic heterocycles. The highest BCUT2D eigenvalue weighted by Gasteiger charge is 2.03. The largest absolute Gasteiger partial charge is 0.356 e. The molecule has 0 rings (SSSR count). The average molecular weight is 181 g/mol. The topological polar surface area (TPSA) is 18.5 Å². The Morgan fingerprint density at radius 2 is 2.18 bits per heavy atom. The number of methoxy groups -OCH3 is 1.